The highest BCUT2D eigenvalue weighted by atomic mass is 16.8. The lowest BCUT2D eigenvalue weighted by Gasteiger charge is -2.48. The number of aliphatic hydroxyl groups is 10. The van der Waals surface area contributed by atoms with E-state index in [0.29, 0.717) is 19.3 Å². The van der Waals surface area contributed by atoms with Gasteiger partial charge in [-0.2, -0.15) is 0 Å². The van der Waals surface area contributed by atoms with Gasteiger partial charge in [0.2, 0.25) is 0 Å². The zero-order chi connectivity index (χ0) is 30.4. The van der Waals surface area contributed by atoms with Gasteiger partial charge in [-0.1, -0.05) is 12.8 Å². The van der Waals surface area contributed by atoms with Crippen molar-refractivity contribution in [1.82, 2.24) is 0 Å². The first-order valence-corrected chi connectivity index (χ1v) is 13.4. The monoisotopic (exact) mass is 602 g/mol. The lowest BCUT2D eigenvalue weighted by molar-refractivity contribution is -0.386. The van der Waals surface area contributed by atoms with Crippen molar-refractivity contribution in [1.29, 1.82) is 0 Å². The quantitative estimate of drug-likeness (QED) is 0.0737. The first kappa shape index (κ1) is 34.4. The molecule has 0 aromatic carbocycles. The molecule has 15 atom stereocenters. The van der Waals surface area contributed by atoms with Crippen molar-refractivity contribution in [3.05, 3.63) is 0 Å². The Morgan fingerprint density at radius 1 is 0.610 bits per heavy atom. The molecule has 0 saturated carbocycles. The maximum absolute atomic E-state index is 11.3. The molecule has 0 aromatic rings. The molecular formula is C24H42O17. The van der Waals surface area contributed by atoms with E-state index in [-0.39, 0.29) is 18.8 Å². The number of unbranched alkanes of at least 4 members (excludes halogenated alkanes) is 2. The van der Waals surface area contributed by atoms with Gasteiger partial charge in [0, 0.05) is 6.42 Å². The van der Waals surface area contributed by atoms with E-state index in [1.807, 2.05) is 0 Å². The van der Waals surface area contributed by atoms with Gasteiger partial charge in [0.05, 0.1) is 26.4 Å². The van der Waals surface area contributed by atoms with E-state index in [0.717, 1.165) is 0 Å². The first-order chi connectivity index (χ1) is 19.4. The predicted molar refractivity (Wildman–Crippen MR) is 129 cm³/mol. The Labute approximate surface area is 235 Å². The molecule has 3 aliphatic heterocycles. The smallest absolute Gasteiger partial charge is 0.305 e. The molecule has 10 N–H and O–H groups in total. The lowest BCUT2D eigenvalue weighted by Crippen LogP contribution is -2.66. The first-order valence-electron chi connectivity index (χ1n) is 13.4. The third kappa shape index (κ3) is 8.08. The summed E-state index contributed by atoms with van der Waals surface area (Å²) < 4.78 is 32.2. The van der Waals surface area contributed by atoms with E-state index < -0.39 is 105 Å². The van der Waals surface area contributed by atoms with Gasteiger partial charge >= 0.3 is 5.97 Å². The molecule has 3 rings (SSSR count). The van der Waals surface area contributed by atoms with E-state index in [1.165, 1.54) is 7.11 Å². The molecule has 3 heterocycles. The largest absolute Gasteiger partial charge is 0.469 e. The Kier molecular flexibility index (Phi) is 13.0. The molecule has 0 amide bonds. The lowest BCUT2D eigenvalue weighted by atomic mass is 9.94. The number of carbonyl (C=O) groups is 1. The molecule has 41 heavy (non-hydrogen) atoms. The number of carbonyl (C=O) groups excluding carboxylic acids is 1. The van der Waals surface area contributed by atoms with Gasteiger partial charge in [-0.25, -0.2) is 0 Å². The fraction of sp³-hybridized carbons (Fsp3) is 0.958. The summed E-state index contributed by atoms with van der Waals surface area (Å²) in [6.07, 6.45) is -22.9. The molecule has 3 aliphatic rings. The summed E-state index contributed by atoms with van der Waals surface area (Å²) in [5.74, 6) is -0.370. The molecule has 3 fully saturated rings. The van der Waals surface area contributed by atoms with E-state index in [1.54, 1.807) is 0 Å². The highest BCUT2D eigenvalue weighted by Gasteiger charge is 2.53. The summed E-state index contributed by atoms with van der Waals surface area (Å²) in [6.45, 7) is -1.57. The van der Waals surface area contributed by atoms with Crippen molar-refractivity contribution >= 4 is 5.97 Å². The van der Waals surface area contributed by atoms with Crippen LogP contribution in [0.5, 0.6) is 0 Å². The summed E-state index contributed by atoms with van der Waals surface area (Å²) in [5.41, 5.74) is 0. The number of methoxy groups -OCH3 is 1. The number of rotatable bonds is 12. The van der Waals surface area contributed by atoms with Crippen molar-refractivity contribution in [2.75, 3.05) is 20.3 Å². The second kappa shape index (κ2) is 15.6. The molecule has 1 unspecified atom stereocenters. The van der Waals surface area contributed by atoms with Gasteiger partial charge in [0.1, 0.15) is 67.1 Å². The van der Waals surface area contributed by atoms with Gasteiger partial charge < -0.3 is 79.5 Å². The summed E-state index contributed by atoms with van der Waals surface area (Å²) in [5, 5.41) is 102. The third-order valence-corrected chi connectivity index (χ3v) is 7.51. The molecule has 17 heteroatoms. The minimum Gasteiger partial charge on any atom is -0.469 e. The number of ether oxygens (including phenoxy) is 6. The van der Waals surface area contributed by atoms with Gasteiger partial charge in [0.25, 0.3) is 0 Å². The minimum absolute atomic E-state index is 0.189. The summed E-state index contributed by atoms with van der Waals surface area (Å²) in [6, 6.07) is 0. The maximum Gasteiger partial charge on any atom is 0.305 e. The van der Waals surface area contributed by atoms with E-state index >= 15 is 0 Å². The molecule has 17 nitrogen and oxygen atoms in total. The van der Waals surface area contributed by atoms with Gasteiger partial charge in [-0.05, 0) is 12.8 Å². The highest BCUT2D eigenvalue weighted by molar-refractivity contribution is 5.68. The van der Waals surface area contributed by atoms with Crippen LogP contribution in [0.3, 0.4) is 0 Å². The second-order valence-corrected chi connectivity index (χ2v) is 10.3. The van der Waals surface area contributed by atoms with Crippen molar-refractivity contribution < 1.29 is 84.3 Å². The van der Waals surface area contributed by atoms with E-state index in [4.69, 9.17) is 23.7 Å². The van der Waals surface area contributed by atoms with Gasteiger partial charge in [0.15, 0.2) is 18.9 Å². The average Bonchev–Trinajstić information content (AvgIpc) is 2.96. The van der Waals surface area contributed by atoms with Crippen LogP contribution >= 0.6 is 0 Å². The van der Waals surface area contributed by atoms with Crippen molar-refractivity contribution in [3.8, 4) is 0 Å². The van der Waals surface area contributed by atoms with Crippen LogP contribution in [0.4, 0.5) is 0 Å². The molecule has 3 saturated heterocycles. The summed E-state index contributed by atoms with van der Waals surface area (Å²) >= 11 is 0. The zero-order valence-electron chi connectivity index (χ0n) is 22.4. The van der Waals surface area contributed by atoms with Crippen LogP contribution in [0.1, 0.15) is 32.1 Å². The summed E-state index contributed by atoms with van der Waals surface area (Å²) in [7, 11) is 1.28. The molecule has 0 radical (unpaired) electrons. The highest BCUT2D eigenvalue weighted by Crippen LogP contribution is 2.33. The average molecular weight is 603 g/mol. The standard InChI is InChI=1S/C24H42O17/c1-36-12(27)6-4-2-3-5-9-13(28)15(30)19(34)23(38-9)41-21-16(31)14(29)10(7-25)39-24(21)40-20-11(8-26)37-22(35)18(33)17(20)32/h9-11,13-26,28-35H,2-8H2,1H3/t9-,10+,11+,13+,14-,15+,16-,17+,18+,19-,20+,21+,22?,23-,24-/m0/s1. The zero-order valence-corrected chi connectivity index (χ0v) is 22.4. The SMILES string of the molecule is COC(=O)CCCCC[C@@H]1O[C@@H](O[C@H]2[C@H](O[C@H]3[C@H](O)[C@@H](O)C(O)O[C@@H]3CO)O[C@H](CO)[C@H](O)[C@@H]2O)[C@@H](O)[C@H](O)[C@@H]1O. The molecule has 0 bridgehead atoms. The van der Waals surface area contributed by atoms with E-state index in [2.05, 4.69) is 4.74 Å². The predicted octanol–water partition coefficient (Wildman–Crippen LogP) is -5.44. The van der Waals surface area contributed by atoms with Crippen LogP contribution in [0.15, 0.2) is 0 Å². The number of hydrogen-bond acceptors (Lipinski definition) is 17. The number of aliphatic hydroxyl groups excluding tert-OH is 10. The Balaban J connectivity index is 1.74. The van der Waals surface area contributed by atoms with Crippen LogP contribution in [0, 0.1) is 0 Å². The van der Waals surface area contributed by atoms with Crippen LogP contribution in [-0.2, 0) is 33.2 Å². The fourth-order valence-corrected chi connectivity index (χ4v) is 5.02. The Morgan fingerprint density at radius 2 is 1.20 bits per heavy atom. The third-order valence-electron chi connectivity index (χ3n) is 7.51. The van der Waals surface area contributed by atoms with Crippen molar-refractivity contribution in [3.63, 3.8) is 0 Å². The number of esters is 1. The topological polar surface area (TPSA) is 275 Å². The van der Waals surface area contributed by atoms with Crippen molar-refractivity contribution in [2.24, 2.45) is 0 Å². The minimum atomic E-state index is -1.86. The molecule has 240 valence electrons. The molecule has 0 spiro atoms. The molecule has 0 aromatic heterocycles. The van der Waals surface area contributed by atoms with Crippen LogP contribution in [0.2, 0.25) is 0 Å². The van der Waals surface area contributed by atoms with Crippen molar-refractivity contribution in [2.45, 2.75) is 124 Å². The normalized spacial score (nSPS) is 45.4. The van der Waals surface area contributed by atoms with E-state index in [9.17, 15) is 55.9 Å². The van der Waals surface area contributed by atoms with Crippen LogP contribution < -0.4 is 0 Å². The van der Waals surface area contributed by atoms with Crippen LogP contribution in [0.25, 0.3) is 0 Å². The molecule has 0 aliphatic carbocycles. The maximum atomic E-state index is 11.3. The number of hydrogen-bond donors (Lipinski definition) is 10. The Morgan fingerprint density at radius 3 is 1.83 bits per heavy atom. The van der Waals surface area contributed by atoms with Gasteiger partial charge in [-0.3, -0.25) is 4.79 Å². The second-order valence-electron chi connectivity index (χ2n) is 10.3. The Bertz CT molecular complexity index is 802. The van der Waals surface area contributed by atoms with Crippen LogP contribution in [-0.4, -0.2) is 169 Å². The summed E-state index contributed by atoms with van der Waals surface area (Å²) in [4.78, 5) is 11.3. The van der Waals surface area contributed by atoms with Gasteiger partial charge in [-0.15, -0.1) is 0 Å². The fourth-order valence-electron chi connectivity index (χ4n) is 5.02. The molecular weight excluding hydrogens is 560 g/mol. The Hall–Kier alpha value is -1.13.